The third-order valence-electron chi connectivity index (χ3n) is 5.05. The molecule has 1 amide bonds. The van der Waals surface area contributed by atoms with Gasteiger partial charge in [0.1, 0.15) is 11.6 Å². The molecule has 1 aliphatic rings. The molecule has 1 fully saturated rings. The molecule has 0 aliphatic carbocycles. The van der Waals surface area contributed by atoms with Gasteiger partial charge in [0, 0.05) is 31.9 Å². The monoisotopic (exact) mass is 370 g/mol. The number of carbonyl (C=O) groups excluding carboxylic acids is 1. The molecule has 3 rings (SSSR count). The van der Waals surface area contributed by atoms with Gasteiger partial charge in [0.25, 0.3) is 5.91 Å². The number of nitrogens with zero attached hydrogens (tertiary/aromatic N) is 2. The lowest BCUT2D eigenvalue weighted by molar-refractivity contribution is -0.133. The molecule has 4 nitrogen and oxygen atoms in total. The van der Waals surface area contributed by atoms with E-state index in [1.807, 2.05) is 24.0 Å². The third-order valence-corrected chi connectivity index (χ3v) is 5.05. The van der Waals surface area contributed by atoms with E-state index >= 15 is 0 Å². The predicted molar refractivity (Wildman–Crippen MR) is 106 cm³/mol. The molecule has 0 atom stereocenters. The number of piperazine rings is 1. The van der Waals surface area contributed by atoms with E-state index in [-0.39, 0.29) is 18.3 Å². The van der Waals surface area contributed by atoms with E-state index < -0.39 is 0 Å². The number of halogens is 1. The highest BCUT2D eigenvalue weighted by atomic mass is 19.1. The number of benzene rings is 2. The van der Waals surface area contributed by atoms with Crippen LogP contribution in [0.1, 0.15) is 30.9 Å². The average Bonchev–Trinajstić information content (AvgIpc) is 2.67. The molecular formula is C22H27FN2O2. The van der Waals surface area contributed by atoms with Crippen LogP contribution in [0.25, 0.3) is 0 Å². The molecule has 0 unspecified atom stereocenters. The minimum atomic E-state index is -0.235. The van der Waals surface area contributed by atoms with E-state index in [1.54, 1.807) is 12.1 Å². The van der Waals surface area contributed by atoms with Crippen LogP contribution in [0.3, 0.4) is 0 Å². The largest absolute Gasteiger partial charge is 0.483 e. The first-order valence-electron chi connectivity index (χ1n) is 9.45. The molecule has 1 saturated heterocycles. The maximum Gasteiger partial charge on any atom is 0.260 e. The molecule has 0 spiro atoms. The highest BCUT2D eigenvalue weighted by Crippen LogP contribution is 2.24. The van der Waals surface area contributed by atoms with Crippen molar-refractivity contribution < 1.29 is 13.9 Å². The molecule has 0 bridgehead atoms. The Hall–Kier alpha value is -2.56. The first-order chi connectivity index (χ1) is 12.9. The summed E-state index contributed by atoms with van der Waals surface area (Å²) in [6.07, 6.45) is 0. The quantitative estimate of drug-likeness (QED) is 0.798. The zero-order chi connectivity index (χ0) is 19.4. The van der Waals surface area contributed by atoms with Gasteiger partial charge in [0.2, 0.25) is 0 Å². The molecule has 0 N–H and O–H groups in total. The first-order valence-corrected chi connectivity index (χ1v) is 9.45. The number of rotatable bonds is 5. The Morgan fingerprint density at radius 3 is 2.37 bits per heavy atom. The standard InChI is InChI=1S/C22H27FN2O2/c1-16(2)18-5-4-17(3)21(14-18)27-15-22(26)25-12-10-24(11-13-25)20-8-6-19(23)7-9-20/h4-9,14,16H,10-13,15H2,1-3H3. The lowest BCUT2D eigenvalue weighted by atomic mass is 10.0. The second kappa shape index (κ2) is 8.42. The highest BCUT2D eigenvalue weighted by molar-refractivity contribution is 5.78. The Labute approximate surface area is 160 Å². The van der Waals surface area contributed by atoms with Gasteiger partial charge in [-0.1, -0.05) is 26.0 Å². The summed E-state index contributed by atoms with van der Waals surface area (Å²) in [4.78, 5) is 16.5. The lowest BCUT2D eigenvalue weighted by Crippen LogP contribution is -2.50. The third kappa shape index (κ3) is 4.79. The fraction of sp³-hybridized carbons (Fsp3) is 0.409. The molecule has 1 aliphatic heterocycles. The molecule has 5 heteroatoms. The summed E-state index contributed by atoms with van der Waals surface area (Å²) in [5.41, 5.74) is 3.23. The normalized spacial score (nSPS) is 14.6. The van der Waals surface area contributed by atoms with Gasteiger partial charge in [-0.3, -0.25) is 4.79 Å². The van der Waals surface area contributed by atoms with E-state index in [1.165, 1.54) is 17.7 Å². The minimum absolute atomic E-state index is 0.00288. The zero-order valence-electron chi connectivity index (χ0n) is 16.2. The summed E-state index contributed by atoms with van der Waals surface area (Å²) >= 11 is 0. The van der Waals surface area contributed by atoms with Gasteiger partial charge < -0.3 is 14.5 Å². The van der Waals surface area contributed by atoms with Crippen LogP contribution >= 0.6 is 0 Å². The van der Waals surface area contributed by atoms with Gasteiger partial charge in [-0.2, -0.15) is 0 Å². The molecule has 144 valence electrons. The van der Waals surface area contributed by atoms with Gasteiger partial charge in [-0.15, -0.1) is 0 Å². The first kappa shape index (κ1) is 19.2. The summed E-state index contributed by atoms with van der Waals surface area (Å²) in [6.45, 7) is 9.08. The Bertz CT molecular complexity index is 781. The minimum Gasteiger partial charge on any atom is -0.483 e. The van der Waals surface area contributed by atoms with Crippen molar-refractivity contribution in [2.24, 2.45) is 0 Å². The molecule has 1 heterocycles. The maximum absolute atomic E-state index is 13.1. The van der Waals surface area contributed by atoms with Crippen molar-refractivity contribution in [3.8, 4) is 5.75 Å². The van der Waals surface area contributed by atoms with Crippen LogP contribution in [0, 0.1) is 12.7 Å². The SMILES string of the molecule is Cc1ccc(C(C)C)cc1OCC(=O)N1CCN(c2ccc(F)cc2)CC1. The van der Waals surface area contributed by atoms with E-state index in [2.05, 4.69) is 24.8 Å². The fourth-order valence-electron chi connectivity index (χ4n) is 3.23. The van der Waals surface area contributed by atoms with Crippen LogP contribution < -0.4 is 9.64 Å². The number of anilines is 1. The number of carbonyl (C=O) groups is 1. The van der Waals surface area contributed by atoms with Crippen LogP contribution in [0.4, 0.5) is 10.1 Å². The van der Waals surface area contributed by atoms with Gasteiger partial charge in [-0.05, 0) is 54.3 Å². The van der Waals surface area contributed by atoms with Crippen LogP contribution in [0.2, 0.25) is 0 Å². The average molecular weight is 370 g/mol. The highest BCUT2D eigenvalue weighted by Gasteiger charge is 2.22. The van der Waals surface area contributed by atoms with Crippen LogP contribution in [-0.2, 0) is 4.79 Å². The van der Waals surface area contributed by atoms with Crippen LogP contribution in [0.15, 0.2) is 42.5 Å². The number of ether oxygens (including phenoxy) is 1. The summed E-state index contributed by atoms with van der Waals surface area (Å²) in [5, 5.41) is 0. The van der Waals surface area contributed by atoms with Crippen molar-refractivity contribution in [3.63, 3.8) is 0 Å². The zero-order valence-corrected chi connectivity index (χ0v) is 16.2. The Morgan fingerprint density at radius 1 is 1.07 bits per heavy atom. The Balaban J connectivity index is 1.53. The molecule has 27 heavy (non-hydrogen) atoms. The van der Waals surface area contributed by atoms with Crippen LogP contribution in [0.5, 0.6) is 5.75 Å². The number of aryl methyl sites for hydroxylation is 1. The number of amides is 1. The molecule has 2 aromatic carbocycles. The summed E-state index contributed by atoms with van der Waals surface area (Å²) in [7, 11) is 0. The van der Waals surface area contributed by atoms with Crippen molar-refractivity contribution in [3.05, 3.63) is 59.4 Å². The predicted octanol–water partition coefficient (Wildman–Crippen LogP) is 3.99. The Morgan fingerprint density at radius 2 is 1.74 bits per heavy atom. The van der Waals surface area contributed by atoms with E-state index in [0.717, 1.165) is 30.1 Å². The van der Waals surface area contributed by atoms with E-state index in [0.29, 0.717) is 19.0 Å². The van der Waals surface area contributed by atoms with Crippen molar-refractivity contribution >= 4 is 11.6 Å². The second-order valence-electron chi connectivity index (χ2n) is 7.31. The van der Waals surface area contributed by atoms with E-state index in [4.69, 9.17) is 4.74 Å². The smallest absolute Gasteiger partial charge is 0.260 e. The molecular weight excluding hydrogens is 343 g/mol. The molecule has 0 radical (unpaired) electrons. The molecule has 0 saturated carbocycles. The number of hydrogen-bond donors (Lipinski definition) is 0. The van der Waals surface area contributed by atoms with E-state index in [9.17, 15) is 9.18 Å². The van der Waals surface area contributed by atoms with Gasteiger partial charge in [0.05, 0.1) is 0 Å². The van der Waals surface area contributed by atoms with Crippen molar-refractivity contribution in [1.29, 1.82) is 0 Å². The topological polar surface area (TPSA) is 32.8 Å². The van der Waals surface area contributed by atoms with Gasteiger partial charge >= 0.3 is 0 Å². The summed E-state index contributed by atoms with van der Waals surface area (Å²) < 4.78 is 18.9. The lowest BCUT2D eigenvalue weighted by Gasteiger charge is -2.36. The van der Waals surface area contributed by atoms with Gasteiger partial charge in [-0.25, -0.2) is 4.39 Å². The van der Waals surface area contributed by atoms with Crippen LogP contribution in [-0.4, -0.2) is 43.6 Å². The second-order valence-corrected chi connectivity index (χ2v) is 7.31. The summed E-state index contributed by atoms with van der Waals surface area (Å²) in [5.74, 6) is 0.965. The maximum atomic E-state index is 13.1. The number of hydrogen-bond acceptors (Lipinski definition) is 3. The Kier molecular flexibility index (Phi) is 5.99. The fourth-order valence-corrected chi connectivity index (χ4v) is 3.23. The van der Waals surface area contributed by atoms with Crippen molar-refractivity contribution in [2.45, 2.75) is 26.7 Å². The summed E-state index contributed by atoms with van der Waals surface area (Å²) in [6, 6.07) is 12.7. The molecule has 0 aromatic heterocycles. The van der Waals surface area contributed by atoms with Gasteiger partial charge in [0.15, 0.2) is 6.61 Å². The molecule has 2 aromatic rings. The van der Waals surface area contributed by atoms with Crippen molar-refractivity contribution in [1.82, 2.24) is 4.90 Å². The van der Waals surface area contributed by atoms with Crippen molar-refractivity contribution in [2.75, 3.05) is 37.7 Å².